The van der Waals surface area contributed by atoms with Gasteiger partial charge < -0.3 is 10.1 Å². The Labute approximate surface area is 106 Å². The van der Waals surface area contributed by atoms with E-state index < -0.39 is 5.82 Å². The number of carbonyl (C=O) groups is 1. The van der Waals surface area contributed by atoms with Gasteiger partial charge in [-0.05, 0) is 37.1 Å². The van der Waals surface area contributed by atoms with E-state index in [2.05, 4.69) is 5.32 Å². The highest BCUT2D eigenvalue weighted by molar-refractivity contribution is 5.83. The minimum Gasteiger partial charge on any atom is -0.494 e. The predicted molar refractivity (Wildman–Crippen MR) is 67.3 cm³/mol. The normalized spacial score (nSPS) is 19.6. The van der Waals surface area contributed by atoms with E-state index >= 15 is 0 Å². The molecule has 1 unspecified atom stereocenters. The summed E-state index contributed by atoms with van der Waals surface area (Å²) in [5.74, 6) is 0.0609. The van der Waals surface area contributed by atoms with Crippen molar-refractivity contribution in [3.05, 3.63) is 29.6 Å². The molecule has 98 valence electrons. The monoisotopic (exact) mass is 251 g/mol. The number of Topliss-reactive ketones (excluding diaryl/α,β-unsaturated/α-hetero) is 1. The lowest BCUT2D eigenvalue weighted by Gasteiger charge is -2.21. The summed E-state index contributed by atoms with van der Waals surface area (Å²) in [7, 11) is 1.43. The number of hydrogen-bond donors (Lipinski definition) is 1. The van der Waals surface area contributed by atoms with Crippen molar-refractivity contribution in [3.8, 4) is 5.75 Å². The van der Waals surface area contributed by atoms with Crippen LogP contribution in [0.2, 0.25) is 0 Å². The molecule has 1 aromatic rings. The maximum absolute atomic E-state index is 13.5. The van der Waals surface area contributed by atoms with Crippen LogP contribution in [0.25, 0.3) is 0 Å². The number of hydrogen-bond acceptors (Lipinski definition) is 3. The van der Waals surface area contributed by atoms with Crippen LogP contribution in [0.5, 0.6) is 5.75 Å². The number of halogens is 1. The van der Waals surface area contributed by atoms with Crippen molar-refractivity contribution < 1.29 is 13.9 Å². The molecule has 3 nitrogen and oxygen atoms in total. The van der Waals surface area contributed by atoms with E-state index in [0.29, 0.717) is 12.0 Å². The van der Waals surface area contributed by atoms with E-state index in [9.17, 15) is 9.18 Å². The lowest BCUT2D eigenvalue weighted by molar-refractivity contribution is -0.122. The van der Waals surface area contributed by atoms with Crippen molar-refractivity contribution in [1.82, 2.24) is 5.32 Å². The van der Waals surface area contributed by atoms with Crippen LogP contribution in [0.4, 0.5) is 4.39 Å². The van der Waals surface area contributed by atoms with Gasteiger partial charge in [-0.25, -0.2) is 4.39 Å². The number of nitrogens with one attached hydrogen (secondary N) is 1. The van der Waals surface area contributed by atoms with Crippen molar-refractivity contribution >= 4 is 5.78 Å². The van der Waals surface area contributed by atoms with Crippen LogP contribution < -0.4 is 10.1 Å². The first-order valence-electron chi connectivity index (χ1n) is 6.26. The number of piperidine rings is 1. The third kappa shape index (κ3) is 3.07. The second-order valence-corrected chi connectivity index (χ2v) is 4.66. The molecule has 18 heavy (non-hydrogen) atoms. The fraction of sp³-hybridized carbons (Fsp3) is 0.500. The average Bonchev–Trinajstić information content (AvgIpc) is 2.40. The molecule has 4 heteroatoms. The van der Waals surface area contributed by atoms with E-state index in [0.717, 1.165) is 25.9 Å². The summed E-state index contributed by atoms with van der Waals surface area (Å²) >= 11 is 0. The van der Waals surface area contributed by atoms with Crippen molar-refractivity contribution in [2.75, 3.05) is 20.2 Å². The SMILES string of the molecule is COc1ccc(CC(=O)C2CCCNC2)cc1F. The molecule has 0 radical (unpaired) electrons. The Morgan fingerprint density at radius 2 is 2.39 bits per heavy atom. The molecule has 0 aliphatic carbocycles. The summed E-state index contributed by atoms with van der Waals surface area (Å²) in [5, 5.41) is 3.22. The van der Waals surface area contributed by atoms with Gasteiger partial charge in [0.25, 0.3) is 0 Å². The van der Waals surface area contributed by atoms with Gasteiger partial charge in [-0.2, -0.15) is 0 Å². The standard InChI is InChI=1S/C14H18FNO2/c1-18-14-5-4-10(7-12(14)15)8-13(17)11-3-2-6-16-9-11/h4-5,7,11,16H,2-3,6,8-9H2,1H3. The van der Waals surface area contributed by atoms with Crippen molar-refractivity contribution in [2.45, 2.75) is 19.3 Å². The molecule has 1 N–H and O–H groups in total. The molecule has 0 amide bonds. The van der Waals surface area contributed by atoms with Gasteiger partial charge in [0.2, 0.25) is 0 Å². The van der Waals surface area contributed by atoms with Gasteiger partial charge in [0, 0.05) is 18.9 Å². The van der Waals surface area contributed by atoms with Gasteiger partial charge in [0.05, 0.1) is 7.11 Å². The molecule has 0 spiro atoms. The first-order chi connectivity index (χ1) is 8.70. The quantitative estimate of drug-likeness (QED) is 0.888. The van der Waals surface area contributed by atoms with Crippen LogP contribution in [0, 0.1) is 11.7 Å². The number of ketones is 1. The van der Waals surface area contributed by atoms with Gasteiger partial charge in [0.1, 0.15) is 5.78 Å². The molecule has 1 atom stereocenters. The molecule has 1 aliphatic rings. The zero-order valence-corrected chi connectivity index (χ0v) is 10.5. The van der Waals surface area contributed by atoms with E-state index in [1.54, 1.807) is 12.1 Å². The highest BCUT2D eigenvalue weighted by atomic mass is 19.1. The van der Waals surface area contributed by atoms with Crippen molar-refractivity contribution in [2.24, 2.45) is 5.92 Å². The van der Waals surface area contributed by atoms with Crippen LogP contribution >= 0.6 is 0 Å². The average molecular weight is 251 g/mol. The van der Waals surface area contributed by atoms with Crippen LogP contribution in [-0.4, -0.2) is 26.0 Å². The number of ether oxygens (including phenoxy) is 1. The third-order valence-electron chi connectivity index (χ3n) is 3.35. The first kappa shape index (κ1) is 13.0. The summed E-state index contributed by atoms with van der Waals surface area (Å²) in [6.07, 6.45) is 2.27. The number of benzene rings is 1. The molecule has 2 rings (SSSR count). The van der Waals surface area contributed by atoms with E-state index in [4.69, 9.17) is 4.74 Å². The Morgan fingerprint density at radius 1 is 1.56 bits per heavy atom. The number of rotatable bonds is 4. The minimum atomic E-state index is -0.412. The molecule has 1 heterocycles. The molecule has 1 fully saturated rings. The Balaban J connectivity index is 2.00. The predicted octanol–water partition coefficient (Wildman–Crippen LogP) is 1.95. The summed E-state index contributed by atoms with van der Waals surface area (Å²) < 4.78 is 18.3. The molecule has 0 bridgehead atoms. The maximum atomic E-state index is 13.5. The topological polar surface area (TPSA) is 38.3 Å². The van der Waals surface area contributed by atoms with Crippen molar-refractivity contribution in [1.29, 1.82) is 0 Å². The first-order valence-corrected chi connectivity index (χ1v) is 6.26. The molecule has 1 saturated heterocycles. The summed E-state index contributed by atoms with van der Waals surface area (Å²) in [6, 6.07) is 4.69. The van der Waals surface area contributed by atoms with Crippen LogP contribution in [0.3, 0.4) is 0 Å². The molecular weight excluding hydrogens is 233 g/mol. The molecule has 1 aromatic carbocycles. The zero-order chi connectivity index (χ0) is 13.0. The van der Waals surface area contributed by atoms with Crippen molar-refractivity contribution in [3.63, 3.8) is 0 Å². The fourth-order valence-electron chi connectivity index (χ4n) is 2.29. The second kappa shape index (κ2) is 5.96. The summed E-state index contributed by atoms with van der Waals surface area (Å²) in [6.45, 7) is 1.73. The van der Waals surface area contributed by atoms with Gasteiger partial charge in [-0.15, -0.1) is 0 Å². The Bertz CT molecular complexity index is 428. The van der Waals surface area contributed by atoms with Gasteiger partial charge >= 0.3 is 0 Å². The molecule has 0 aromatic heterocycles. The van der Waals surface area contributed by atoms with Gasteiger partial charge in [-0.1, -0.05) is 6.07 Å². The zero-order valence-electron chi connectivity index (χ0n) is 10.5. The van der Waals surface area contributed by atoms with Crippen LogP contribution in [0.15, 0.2) is 18.2 Å². The Kier molecular flexibility index (Phi) is 4.31. The van der Waals surface area contributed by atoms with Crippen LogP contribution in [0.1, 0.15) is 18.4 Å². The minimum absolute atomic E-state index is 0.0731. The smallest absolute Gasteiger partial charge is 0.165 e. The lowest BCUT2D eigenvalue weighted by Crippen LogP contribution is -2.35. The highest BCUT2D eigenvalue weighted by Gasteiger charge is 2.21. The fourth-order valence-corrected chi connectivity index (χ4v) is 2.29. The second-order valence-electron chi connectivity index (χ2n) is 4.66. The van der Waals surface area contributed by atoms with Crippen LogP contribution in [-0.2, 0) is 11.2 Å². The van der Waals surface area contributed by atoms with Gasteiger partial charge in [-0.3, -0.25) is 4.79 Å². The Hall–Kier alpha value is -1.42. The molecular formula is C14H18FNO2. The highest BCUT2D eigenvalue weighted by Crippen LogP contribution is 2.20. The molecule has 0 saturated carbocycles. The largest absolute Gasteiger partial charge is 0.494 e. The van der Waals surface area contributed by atoms with E-state index in [-0.39, 0.29) is 17.5 Å². The van der Waals surface area contributed by atoms with E-state index in [1.165, 1.54) is 13.2 Å². The summed E-state index contributed by atoms with van der Waals surface area (Å²) in [5.41, 5.74) is 0.712. The Morgan fingerprint density at radius 3 is 3.00 bits per heavy atom. The third-order valence-corrected chi connectivity index (χ3v) is 3.35. The maximum Gasteiger partial charge on any atom is 0.165 e. The number of carbonyl (C=O) groups excluding carboxylic acids is 1. The van der Waals surface area contributed by atoms with Gasteiger partial charge in [0.15, 0.2) is 11.6 Å². The van der Waals surface area contributed by atoms with E-state index in [1.807, 2.05) is 0 Å². The molecule has 1 aliphatic heterocycles. The number of methoxy groups -OCH3 is 1. The summed E-state index contributed by atoms with van der Waals surface area (Å²) in [4.78, 5) is 12.0. The lowest BCUT2D eigenvalue weighted by atomic mass is 9.91.